The zero-order valence-electron chi connectivity index (χ0n) is 17.3. The van der Waals surface area contributed by atoms with Crippen LogP contribution in [0, 0.1) is 5.82 Å². The van der Waals surface area contributed by atoms with Gasteiger partial charge in [-0.25, -0.2) is 9.37 Å². The van der Waals surface area contributed by atoms with E-state index in [1.54, 1.807) is 48.8 Å². The van der Waals surface area contributed by atoms with E-state index < -0.39 is 0 Å². The lowest BCUT2D eigenvalue weighted by Gasteiger charge is -2.20. The maximum absolute atomic E-state index is 13.7. The predicted molar refractivity (Wildman–Crippen MR) is 122 cm³/mol. The molecule has 3 heterocycles. The van der Waals surface area contributed by atoms with E-state index in [2.05, 4.69) is 9.97 Å². The smallest absolute Gasteiger partial charge is 0.260 e. The lowest BCUT2D eigenvalue weighted by molar-refractivity contribution is -0.121. The van der Waals surface area contributed by atoms with Crippen molar-refractivity contribution in [1.82, 2.24) is 9.97 Å². The number of anilines is 2. The van der Waals surface area contributed by atoms with Gasteiger partial charge in [0.05, 0.1) is 22.4 Å². The molecule has 2 aromatic heterocycles. The number of thiazole rings is 1. The topological polar surface area (TPSA) is 83.5 Å². The van der Waals surface area contributed by atoms with Crippen LogP contribution in [-0.4, -0.2) is 27.7 Å². The average Bonchev–Trinajstić information content (AvgIpc) is 3.40. The Balaban J connectivity index is 1.49. The van der Waals surface area contributed by atoms with Gasteiger partial charge < -0.3 is 0 Å². The summed E-state index contributed by atoms with van der Waals surface area (Å²) < 4.78 is 14.3. The van der Waals surface area contributed by atoms with E-state index in [9.17, 15) is 18.8 Å². The average molecular weight is 460 g/mol. The van der Waals surface area contributed by atoms with Gasteiger partial charge in [-0.1, -0.05) is 17.4 Å². The number of imide groups is 1. The molecule has 2 aromatic carbocycles. The number of amides is 3. The van der Waals surface area contributed by atoms with Crippen LogP contribution in [-0.2, 0) is 16.1 Å². The minimum Gasteiger partial charge on any atom is -0.279 e. The van der Waals surface area contributed by atoms with Crippen LogP contribution in [0.3, 0.4) is 0 Å². The zero-order chi connectivity index (χ0) is 22.9. The minimum atomic E-state index is -0.371. The first-order valence-electron chi connectivity index (χ1n) is 10.2. The van der Waals surface area contributed by atoms with E-state index >= 15 is 0 Å². The highest BCUT2D eigenvalue weighted by Gasteiger charge is 2.30. The lowest BCUT2D eigenvalue weighted by atomic mass is 10.1. The van der Waals surface area contributed by atoms with Gasteiger partial charge in [0.15, 0.2) is 5.13 Å². The second kappa shape index (κ2) is 8.51. The van der Waals surface area contributed by atoms with Crippen LogP contribution >= 0.6 is 11.3 Å². The SMILES string of the molecule is O=C(c1ccc(N2C(=O)CCC2=O)cc1)N(Cc1cccnc1)c1nc2ccc(F)cc2s1. The fourth-order valence-corrected chi connectivity index (χ4v) is 4.66. The Morgan fingerprint density at radius 2 is 1.82 bits per heavy atom. The lowest BCUT2D eigenvalue weighted by Crippen LogP contribution is -2.31. The molecule has 0 N–H and O–H groups in total. The van der Waals surface area contributed by atoms with Crippen molar-refractivity contribution in [3.63, 3.8) is 0 Å². The van der Waals surface area contributed by atoms with Crippen molar-refractivity contribution in [2.45, 2.75) is 19.4 Å². The Morgan fingerprint density at radius 1 is 1.06 bits per heavy atom. The fraction of sp³-hybridized carbons (Fsp3) is 0.125. The highest BCUT2D eigenvalue weighted by Crippen LogP contribution is 2.32. The first kappa shape index (κ1) is 20.9. The summed E-state index contributed by atoms with van der Waals surface area (Å²) in [6, 6.07) is 14.3. The summed E-state index contributed by atoms with van der Waals surface area (Å²) in [6.07, 6.45) is 3.70. The minimum absolute atomic E-state index is 0.191. The molecule has 0 bridgehead atoms. The third kappa shape index (κ3) is 4.10. The van der Waals surface area contributed by atoms with Gasteiger partial charge in [0.2, 0.25) is 11.8 Å². The predicted octanol–water partition coefficient (Wildman–Crippen LogP) is 4.33. The summed E-state index contributed by atoms with van der Waals surface area (Å²) in [4.78, 5) is 48.8. The van der Waals surface area contributed by atoms with E-state index in [0.29, 0.717) is 26.6 Å². The number of rotatable bonds is 5. The molecular weight excluding hydrogens is 443 g/mol. The van der Waals surface area contributed by atoms with Crippen molar-refractivity contribution in [2.24, 2.45) is 0 Å². The quantitative estimate of drug-likeness (QED) is 0.414. The second-order valence-electron chi connectivity index (χ2n) is 7.53. The Labute approximate surface area is 192 Å². The van der Waals surface area contributed by atoms with Crippen molar-refractivity contribution in [2.75, 3.05) is 9.80 Å². The van der Waals surface area contributed by atoms with E-state index in [0.717, 1.165) is 10.5 Å². The molecule has 7 nitrogen and oxygen atoms in total. The number of pyridine rings is 1. The molecule has 0 unspecified atom stereocenters. The van der Waals surface area contributed by atoms with Gasteiger partial charge in [0.1, 0.15) is 5.82 Å². The van der Waals surface area contributed by atoms with Gasteiger partial charge in [-0.15, -0.1) is 0 Å². The van der Waals surface area contributed by atoms with Gasteiger partial charge in [-0.2, -0.15) is 0 Å². The molecule has 1 saturated heterocycles. The summed E-state index contributed by atoms with van der Waals surface area (Å²) in [6.45, 7) is 0.222. The normalized spacial score (nSPS) is 13.7. The Bertz CT molecular complexity index is 1360. The number of carbonyl (C=O) groups is 3. The van der Waals surface area contributed by atoms with E-state index in [1.807, 2.05) is 6.07 Å². The van der Waals surface area contributed by atoms with Crippen molar-refractivity contribution in [1.29, 1.82) is 0 Å². The zero-order valence-corrected chi connectivity index (χ0v) is 18.1. The Morgan fingerprint density at radius 3 is 2.52 bits per heavy atom. The number of hydrogen-bond acceptors (Lipinski definition) is 6. The first-order valence-corrected chi connectivity index (χ1v) is 11.0. The van der Waals surface area contributed by atoms with Crippen molar-refractivity contribution in [3.8, 4) is 0 Å². The molecule has 33 heavy (non-hydrogen) atoms. The third-order valence-electron chi connectivity index (χ3n) is 5.30. The maximum atomic E-state index is 13.7. The molecule has 0 saturated carbocycles. The van der Waals surface area contributed by atoms with Crippen LogP contribution < -0.4 is 9.80 Å². The molecular formula is C24H17FN4O3S. The van der Waals surface area contributed by atoms with E-state index in [-0.39, 0.29) is 42.9 Å². The number of carbonyl (C=O) groups excluding carboxylic acids is 3. The third-order valence-corrected chi connectivity index (χ3v) is 6.34. The van der Waals surface area contributed by atoms with Crippen LogP contribution in [0.5, 0.6) is 0 Å². The molecule has 164 valence electrons. The Hall–Kier alpha value is -3.98. The molecule has 9 heteroatoms. The van der Waals surface area contributed by atoms with Gasteiger partial charge in [-0.05, 0) is 54.1 Å². The van der Waals surface area contributed by atoms with Gasteiger partial charge in [-0.3, -0.25) is 29.2 Å². The summed E-state index contributed by atoms with van der Waals surface area (Å²) in [5.74, 6) is -1.19. The molecule has 0 spiro atoms. The molecule has 3 amide bonds. The molecule has 4 aromatic rings. The molecule has 0 aliphatic carbocycles. The molecule has 0 atom stereocenters. The van der Waals surface area contributed by atoms with Crippen LogP contribution in [0.1, 0.15) is 28.8 Å². The summed E-state index contributed by atoms with van der Waals surface area (Å²) >= 11 is 1.22. The van der Waals surface area contributed by atoms with Crippen molar-refractivity contribution >= 4 is 50.1 Å². The molecule has 1 aliphatic rings. The van der Waals surface area contributed by atoms with Crippen LogP contribution in [0.2, 0.25) is 0 Å². The number of benzene rings is 2. The van der Waals surface area contributed by atoms with Crippen LogP contribution in [0.15, 0.2) is 67.0 Å². The Kier molecular flexibility index (Phi) is 5.39. The maximum Gasteiger partial charge on any atom is 0.260 e. The molecule has 5 rings (SSSR count). The van der Waals surface area contributed by atoms with Crippen molar-refractivity contribution in [3.05, 3.63) is 83.9 Å². The molecule has 1 aliphatic heterocycles. The number of halogens is 1. The highest BCUT2D eigenvalue weighted by atomic mass is 32.1. The van der Waals surface area contributed by atoms with E-state index in [4.69, 9.17) is 0 Å². The van der Waals surface area contributed by atoms with Gasteiger partial charge in [0, 0.05) is 30.8 Å². The number of hydrogen-bond donors (Lipinski definition) is 0. The van der Waals surface area contributed by atoms with Crippen molar-refractivity contribution < 1.29 is 18.8 Å². The standard InChI is InChI=1S/C24H17FN4O3S/c25-17-5-8-19-20(12-17)33-24(27-19)28(14-15-2-1-11-26-13-15)23(32)16-3-6-18(7-4-16)29-21(30)9-10-22(29)31/h1-8,11-13H,9-10,14H2. The number of aromatic nitrogens is 2. The summed E-state index contributed by atoms with van der Waals surface area (Å²) in [5.41, 5.74) is 2.21. The largest absolute Gasteiger partial charge is 0.279 e. The fourth-order valence-electron chi connectivity index (χ4n) is 3.68. The highest BCUT2D eigenvalue weighted by molar-refractivity contribution is 7.22. The number of nitrogens with zero attached hydrogens (tertiary/aromatic N) is 4. The summed E-state index contributed by atoms with van der Waals surface area (Å²) in [7, 11) is 0. The van der Waals surface area contributed by atoms with E-state index in [1.165, 1.54) is 28.4 Å². The van der Waals surface area contributed by atoms with Gasteiger partial charge in [0.25, 0.3) is 5.91 Å². The molecule has 0 radical (unpaired) electrons. The monoisotopic (exact) mass is 460 g/mol. The summed E-state index contributed by atoms with van der Waals surface area (Å²) in [5, 5.41) is 0.429. The number of fused-ring (bicyclic) bond motifs is 1. The van der Waals surface area contributed by atoms with Crippen LogP contribution in [0.25, 0.3) is 10.2 Å². The van der Waals surface area contributed by atoms with Gasteiger partial charge >= 0.3 is 0 Å². The van der Waals surface area contributed by atoms with Crippen LogP contribution in [0.4, 0.5) is 15.2 Å². The molecule has 1 fully saturated rings. The first-order chi connectivity index (χ1) is 16.0. The second-order valence-corrected chi connectivity index (χ2v) is 8.54.